The molecular weight excluding hydrogens is 342 g/mol. The maximum atomic E-state index is 12.3. The molecule has 0 atom stereocenters. The van der Waals surface area contributed by atoms with Gasteiger partial charge in [-0.3, -0.25) is 4.79 Å². The summed E-state index contributed by atoms with van der Waals surface area (Å²) in [5.74, 6) is 0.386. The monoisotopic (exact) mass is 359 g/mol. The molecule has 0 spiro atoms. The van der Waals surface area contributed by atoms with Gasteiger partial charge in [0.15, 0.2) is 0 Å². The highest BCUT2D eigenvalue weighted by molar-refractivity contribution is 7.89. The summed E-state index contributed by atoms with van der Waals surface area (Å²) >= 11 is 0. The van der Waals surface area contributed by atoms with E-state index in [9.17, 15) is 13.2 Å². The Bertz CT molecular complexity index is 937. The van der Waals surface area contributed by atoms with Crippen LogP contribution in [0.3, 0.4) is 0 Å². The topological polar surface area (TPSA) is 102 Å². The first-order chi connectivity index (χ1) is 11.9. The number of carbonyl (C=O) groups is 1. The predicted molar refractivity (Wildman–Crippen MR) is 92.2 cm³/mol. The molecular formula is C17H17N3O4S. The number of fused-ring (bicyclic) bond motifs is 1. The van der Waals surface area contributed by atoms with E-state index in [0.29, 0.717) is 35.5 Å². The van der Waals surface area contributed by atoms with Crippen LogP contribution in [0, 0.1) is 0 Å². The third-order valence-corrected chi connectivity index (χ3v) is 5.73. The number of hydrogen-bond donors (Lipinski definition) is 2. The lowest BCUT2D eigenvalue weighted by Crippen LogP contribution is -2.44. The number of carbonyl (C=O) groups excluding carboxylic acids is 1. The molecule has 1 aliphatic carbocycles. The van der Waals surface area contributed by atoms with Gasteiger partial charge >= 0.3 is 0 Å². The molecule has 0 saturated heterocycles. The molecule has 2 aromatic carbocycles. The molecule has 2 aromatic rings. The molecule has 0 unspecified atom stereocenters. The quantitative estimate of drug-likeness (QED) is 0.867. The lowest BCUT2D eigenvalue weighted by Gasteiger charge is -2.31. The molecule has 0 radical (unpaired) electrons. The van der Waals surface area contributed by atoms with Gasteiger partial charge in [0, 0.05) is 17.7 Å². The lowest BCUT2D eigenvalue weighted by molar-refractivity contribution is 0.100. The molecule has 8 heteroatoms. The Hall–Kier alpha value is -2.58. The van der Waals surface area contributed by atoms with Crippen molar-refractivity contribution in [1.29, 1.82) is 0 Å². The van der Waals surface area contributed by atoms with Crippen molar-refractivity contribution in [3.05, 3.63) is 48.0 Å². The first-order valence-corrected chi connectivity index (χ1v) is 9.40. The van der Waals surface area contributed by atoms with Crippen LogP contribution in [0.25, 0.3) is 0 Å². The fourth-order valence-electron chi connectivity index (χ4n) is 2.86. The number of nitrogens with one attached hydrogen (secondary N) is 1. The number of benzene rings is 2. The van der Waals surface area contributed by atoms with E-state index in [4.69, 9.17) is 10.5 Å². The third-order valence-electron chi connectivity index (χ3n) is 4.32. The highest BCUT2D eigenvalue weighted by atomic mass is 32.2. The van der Waals surface area contributed by atoms with Gasteiger partial charge < -0.3 is 15.4 Å². The van der Waals surface area contributed by atoms with Gasteiger partial charge in [-0.25, -0.2) is 8.42 Å². The average molecular weight is 359 g/mol. The normalized spacial score (nSPS) is 18.5. The summed E-state index contributed by atoms with van der Waals surface area (Å²) in [5, 5.41) is 0. The van der Waals surface area contributed by atoms with E-state index >= 15 is 0 Å². The number of hydrogen-bond acceptors (Lipinski definition) is 5. The molecule has 1 heterocycles. The summed E-state index contributed by atoms with van der Waals surface area (Å²) in [4.78, 5) is 13.4. The lowest BCUT2D eigenvalue weighted by atomic mass is 10.2. The van der Waals surface area contributed by atoms with E-state index in [1.165, 1.54) is 6.07 Å². The molecule has 7 nitrogen and oxygen atoms in total. The van der Waals surface area contributed by atoms with Gasteiger partial charge in [0.1, 0.15) is 16.4 Å². The van der Waals surface area contributed by atoms with Crippen LogP contribution in [0.15, 0.2) is 47.4 Å². The van der Waals surface area contributed by atoms with Crippen molar-refractivity contribution in [2.24, 2.45) is 5.73 Å². The number of nitrogens with zero attached hydrogens (tertiary/aromatic N) is 1. The SMILES string of the molecule is NC(=O)c1ccc(Oc2ccc3c(c2)S(=O)(=O)NCN3C2CC2)cc1. The van der Waals surface area contributed by atoms with E-state index in [1.54, 1.807) is 36.4 Å². The van der Waals surface area contributed by atoms with Crippen LogP contribution in [-0.2, 0) is 10.0 Å². The van der Waals surface area contributed by atoms with Crippen molar-refractivity contribution in [3.63, 3.8) is 0 Å². The van der Waals surface area contributed by atoms with Gasteiger partial charge in [0.25, 0.3) is 0 Å². The minimum Gasteiger partial charge on any atom is -0.457 e. The number of primary amides is 1. The van der Waals surface area contributed by atoms with Crippen molar-refractivity contribution in [1.82, 2.24) is 4.72 Å². The van der Waals surface area contributed by atoms with Crippen LogP contribution >= 0.6 is 0 Å². The second-order valence-corrected chi connectivity index (χ2v) is 7.86. The van der Waals surface area contributed by atoms with Crippen LogP contribution in [-0.4, -0.2) is 27.0 Å². The number of rotatable bonds is 4. The van der Waals surface area contributed by atoms with Crippen LogP contribution in [0.4, 0.5) is 5.69 Å². The third kappa shape index (κ3) is 3.06. The minimum absolute atomic E-state index is 0.219. The Balaban J connectivity index is 1.64. The second kappa shape index (κ2) is 5.75. The minimum atomic E-state index is -3.55. The summed E-state index contributed by atoms with van der Waals surface area (Å²) in [6.45, 7) is 0.300. The van der Waals surface area contributed by atoms with E-state index in [1.807, 2.05) is 0 Å². The van der Waals surface area contributed by atoms with E-state index in [0.717, 1.165) is 12.8 Å². The van der Waals surface area contributed by atoms with Crippen LogP contribution < -0.4 is 20.1 Å². The van der Waals surface area contributed by atoms with Gasteiger partial charge in [-0.15, -0.1) is 0 Å². The van der Waals surface area contributed by atoms with Gasteiger partial charge in [-0.05, 0) is 49.2 Å². The van der Waals surface area contributed by atoms with Crippen LogP contribution in [0.5, 0.6) is 11.5 Å². The Morgan fingerprint density at radius 2 is 1.80 bits per heavy atom. The fourth-order valence-corrected chi connectivity index (χ4v) is 4.06. The summed E-state index contributed by atoms with van der Waals surface area (Å²) in [7, 11) is -3.55. The number of nitrogens with two attached hydrogens (primary N) is 1. The second-order valence-electron chi connectivity index (χ2n) is 6.13. The molecule has 25 heavy (non-hydrogen) atoms. The van der Waals surface area contributed by atoms with Crippen molar-refractivity contribution >= 4 is 21.6 Å². The van der Waals surface area contributed by atoms with Crippen molar-refractivity contribution < 1.29 is 17.9 Å². The highest BCUT2D eigenvalue weighted by Gasteiger charge is 2.36. The molecule has 0 aromatic heterocycles. The van der Waals surface area contributed by atoms with Crippen molar-refractivity contribution in [3.8, 4) is 11.5 Å². The highest BCUT2D eigenvalue weighted by Crippen LogP contribution is 2.39. The molecule has 0 bridgehead atoms. The summed E-state index contributed by atoms with van der Waals surface area (Å²) in [5.41, 5.74) is 6.29. The predicted octanol–water partition coefficient (Wildman–Crippen LogP) is 1.80. The average Bonchev–Trinajstić information content (AvgIpc) is 3.41. The first-order valence-electron chi connectivity index (χ1n) is 7.92. The molecule has 130 valence electrons. The summed E-state index contributed by atoms with van der Waals surface area (Å²) in [6, 6.07) is 11.8. The molecule has 1 aliphatic heterocycles. The maximum absolute atomic E-state index is 12.3. The Kier molecular flexibility index (Phi) is 3.66. The molecule has 3 N–H and O–H groups in total. The first kappa shape index (κ1) is 15.9. The number of sulfonamides is 1. The van der Waals surface area contributed by atoms with E-state index in [-0.39, 0.29) is 4.90 Å². The molecule has 4 rings (SSSR count). The van der Waals surface area contributed by atoms with E-state index in [2.05, 4.69) is 9.62 Å². The molecule has 1 saturated carbocycles. The maximum Gasteiger partial charge on any atom is 0.248 e. The number of ether oxygens (including phenoxy) is 1. The molecule has 1 fully saturated rings. The standard InChI is InChI=1S/C17H17N3O4S/c18-17(21)11-1-5-13(6-2-11)24-14-7-8-15-16(9-14)25(22,23)19-10-20(15)12-3-4-12/h1-2,5-9,12,19H,3-4,10H2,(H2,18,21). The Morgan fingerprint density at radius 1 is 1.12 bits per heavy atom. The van der Waals surface area contributed by atoms with Crippen LogP contribution in [0.2, 0.25) is 0 Å². The summed E-state index contributed by atoms with van der Waals surface area (Å²) in [6.07, 6.45) is 2.15. The van der Waals surface area contributed by atoms with Gasteiger partial charge in [0.05, 0.1) is 12.4 Å². The van der Waals surface area contributed by atoms with Gasteiger partial charge in [-0.1, -0.05) is 0 Å². The summed E-state index contributed by atoms with van der Waals surface area (Å²) < 4.78 is 33.0. The Labute approximate surface area is 145 Å². The van der Waals surface area contributed by atoms with Crippen molar-refractivity contribution in [2.45, 2.75) is 23.8 Å². The zero-order valence-corrected chi connectivity index (χ0v) is 14.1. The van der Waals surface area contributed by atoms with E-state index < -0.39 is 15.9 Å². The zero-order valence-electron chi connectivity index (χ0n) is 13.3. The fraction of sp³-hybridized carbons (Fsp3) is 0.235. The van der Waals surface area contributed by atoms with Gasteiger partial charge in [-0.2, -0.15) is 4.72 Å². The molecule has 1 amide bonds. The largest absolute Gasteiger partial charge is 0.457 e. The van der Waals surface area contributed by atoms with Gasteiger partial charge in [0.2, 0.25) is 15.9 Å². The zero-order chi connectivity index (χ0) is 17.6. The van der Waals surface area contributed by atoms with Crippen LogP contribution in [0.1, 0.15) is 23.2 Å². The number of amides is 1. The number of anilines is 1. The molecule has 2 aliphatic rings. The smallest absolute Gasteiger partial charge is 0.248 e. The van der Waals surface area contributed by atoms with Crippen molar-refractivity contribution in [2.75, 3.05) is 11.6 Å². The Morgan fingerprint density at radius 3 is 2.44 bits per heavy atom.